The van der Waals surface area contributed by atoms with Crippen LogP contribution in [-0.4, -0.2) is 23.9 Å². The van der Waals surface area contributed by atoms with E-state index in [1.54, 1.807) is 0 Å². The zero-order valence-electron chi connectivity index (χ0n) is 15.5. The van der Waals surface area contributed by atoms with Gasteiger partial charge in [-0.15, -0.1) is 0 Å². The average Bonchev–Trinajstić information content (AvgIpc) is 3.03. The largest absolute Gasteiger partial charge is 0.373 e. The van der Waals surface area contributed by atoms with Crippen molar-refractivity contribution in [3.8, 4) is 0 Å². The molecule has 5 nitrogen and oxygen atoms in total. The van der Waals surface area contributed by atoms with E-state index in [-0.39, 0.29) is 29.9 Å². The van der Waals surface area contributed by atoms with E-state index in [0.717, 1.165) is 29.7 Å². The van der Waals surface area contributed by atoms with Gasteiger partial charge in [-0.3, -0.25) is 9.59 Å². The standard InChI is InChI=1S/C22H25N3O2/c1-14-6-5-9-16-12-19(25-21(14)16)22(27)23-17-10-11-18(24-20(26)13-17)15-7-3-2-4-8-15/h2-9,17-19,25H,10-13H2,1H3,(H,23,27)(H,24,26). The van der Waals surface area contributed by atoms with Crippen LogP contribution in [0.15, 0.2) is 48.5 Å². The van der Waals surface area contributed by atoms with Crippen LogP contribution in [0.3, 0.4) is 0 Å². The highest BCUT2D eigenvalue weighted by Gasteiger charge is 2.31. The SMILES string of the molecule is Cc1cccc2c1NC(C(=O)NC1CCC(c3ccccc3)NC(=O)C1)C2. The van der Waals surface area contributed by atoms with Crippen LogP contribution in [0.25, 0.3) is 0 Å². The molecule has 0 aliphatic carbocycles. The predicted molar refractivity (Wildman–Crippen MR) is 105 cm³/mol. The van der Waals surface area contributed by atoms with Gasteiger partial charge in [0.05, 0.1) is 6.04 Å². The number of carbonyl (C=O) groups excluding carboxylic acids is 2. The third-order valence-electron chi connectivity index (χ3n) is 5.54. The van der Waals surface area contributed by atoms with Crippen molar-refractivity contribution in [3.63, 3.8) is 0 Å². The third kappa shape index (κ3) is 3.82. The van der Waals surface area contributed by atoms with Crippen molar-refractivity contribution >= 4 is 17.5 Å². The minimum Gasteiger partial charge on any atom is -0.373 e. The third-order valence-corrected chi connectivity index (χ3v) is 5.54. The quantitative estimate of drug-likeness (QED) is 0.785. The smallest absolute Gasteiger partial charge is 0.243 e. The molecule has 3 N–H and O–H groups in total. The van der Waals surface area contributed by atoms with Crippen LogP contribution in [0.2, 0.25) is 0 Å². The molecule has 0 aromatic heterocycles. The molecule has 140 valence electrons. The summed E-state index contributed by atoms with van der Waals surface area (Å²) in [6.07, 6.45) is 2.61. The van der Waals surface area contributed by atoms with E-state index >= 15 is 0 Å². The summed E-state index contributed by atoms with van der Waals surface area (Å²) in [6.45, 7) is 2.05. The summed E-state index contributed by atoms with van der Waals surface area (Å²) >= 11 is 0. The minimum absolute atomic E-state index is 0.00911. The summed E-state index contributed by atoms with van der Waals surface area (Å²) in [5, 5.41) is 9.52. The van der Waals surface area contributed by atoms with Crippen molar-refractivity contribution < 1.29 is 9.59 Å². The van der Waals surface area contributed by atoms with Gasteiger partial charge in [-0.1, -0.05) is 48.5 Å². The number of para-hydroxylation sites is 1. The first-order valence-electron chi connectivity index (χ1n) is 9.60. The number of hydrogen-bond acceptors (Lipinski definition) is 3. The van der Waals surface area contributed by atoms with Crippen LogP contribution in [0.1, 0.15) is 42.0 Å². The Hall–Kier alpha value is -2.82. The zero-order valence-corrected chi connectivity index (χ0v) is 15.5. The minimum atomic E-state index is -0.266. The molecule has 0 saturated carbocycles. The number of rotatable bonds is 3. The summed E-state index contributed by atoms with van der Waals surface area (Å²) in [5.41, 5.74) is 4.52. The van der Waals surface area contributed by atoms with E-state index < -0.39 is 0 Å². The summed E-state index contributed by atoms with van der Waals surface area (Å²) in [7, 11) is 0. The van der Waals surface area contributed by atoms with Gasteiger partial charge in [-0.25, -0.2) is 0 Å². The van der Waals surface area contributed by atoms with Gasteiger partial charge in [0.1, 0.15) is 6.04 Å². The van der Waals surface area contributed by atoms with Gasteiger partial charge in [0.15, 0.2) is 0 Å². The Morgan fingerprint density at radius 3 is 2.59 bits per heavy atom. The van der Waals surface area contributed by atoms with Crippen molar-refractivity contribution in [2.75, 3.05) is 5.32 Å². The molecule has 2 aliphatic heterocycles. The number of nitrogens with one attached hydrogen (secondary N) is 3. The lowest BCUT2D eigenvalue weighted by molar-refractivity contribution is -0.123. The van der Waals surface area contributed by atoms with Gasteiger partial charge in [-0.05, 0) is 36.5 Å². The number of carbonyl (C=O) groups is 2. The first-order chi connectivity index (χ1) is 13.1. The van der Waals surface area contributed by atoms with E-state index in [2.05, 4.69) is 22.0 Å². The molecular weight excluding hydrogens is 338 g/mol. The highest BCUT2D eigenvalue weighted by Crippen LogP contribution is 2.29. The monoisotopic (exact) mass is 363 g/mol. The molecule has 3 unspecified atom stereocenters. The fraction of sp³-hybridized carbons (Fsp3) is 0.364. The Morgan fingerprint density at radius 1 is 1.00 bits per heavy atom. The lowest BCUT2D eigenvalue weighted by atomic mass is 10.0. The molecule has 4 rings (SSSR count). The topological polar surface area (TPSA) is 70.2 Å². The van der Waals surface area contributed by atoms with Crippen LogP contribution in [0.5, 0.6) is 0 Å². The van der Waals surface area contributed by atoms with E-state index in [0.29, 0.717) is 12.8 Å². The Labute approximate surface area is 159 Å². The maximum absolute atomic E-state index is 12.8. The molecule has 5 heteroatoms. The molecule has 2 aromatic carbocycles. The molecule has 0 spiro atoms. The van der Waals surface area contributed by atoms with Crippen molar-refractivity contribution in [1.82, 2.24) is 10.6 Å². The average molecular weight is 363 g/mol. The van der Waals surface area contributed by atoms with Gasteiger partial charge in [0.25, 0.3) is 0 Å². The van der Waals surface area contributed by atoms with E-state index in [1.807, 2.05) is 49.4 Å². The van der Waals surface area contributed by atoms with Gasteiger partial charge >= 0.3 is 0 Å². The molecule has 2 aromatic rings. The highest BCUT2D eigenvalue weighted by molar-refractivity contribution is 5.88. The Morgan fingerprint density at radius 2 is 1.81 bits per heavy atom. The van der Waals surface area contributed by atoms with Crippen LogP contribution in [0.4, 0.5) is 5.69 Å². The van der Waals surface area contributed by atoms with E-state index in [9.17, 15) is 9.59 Å². The fourth-order valence-electron chi connectivity index (χ4n) is 4.09. The summed E-state index contributed by atoms with van der Waals surface area (Å²) < 4.78 is 0. The normalized spacial score (nSPS) is 24.3. The van der Waals surface area contributed by atoms with Gasteiger partial charge < -0.3 is 16.0 Å². The summed E-state index contributed by atoms with van der Waals surface area (Å²) in [6, 6.07) is 15.8. The van der Waals surface area contributed by atoms with Crippen molar-refractivity contribution in [3.05, 3.63) is 65.2 Å². The Balaban J connectivity index is 1.38. The number of hydrogen-bond donors (Lipinski definition) is 3. The van der Waals surface area contributed by atoms with Crippen molar-refractivity contribution in [1.29, 1.82) is 0 Å². The van der Waals surface area contributed by atoms with Crippen LogP contribution >= 0.6 is 0 Å². The fourth-order valence-corrected chi connectivity index (χ4v) is 4.09. The van der Waals surface area contributed by atoms with Crippen LogP contribution in [0, 0.1) is 6.92 Å². The Bertz CT molecular complexity index is 850. The number of benzene rings is 2. The molecule has 0 bridgehead atoms. The maximum atomic E-state index is 12.8. The van der Waals surface area contributed by atoms with Crippen LogP contribution < -0.4 is 16.0 Å². The molecule has 2 heterocycles. The van der Waals surface area contributed by atoms with Gasteiger partial charge in [0.2, 0.25) is 11.8 Å². The second-order valence-corrected chi connectivity index (χ2v) is 7.53. The second kappa shape index (κ2) is 7.43. The lowest BCUT2D eigenvalue weighted by Crippen LogP contribution is -2.44. The molecule has 3 atom stereocenters. The number of fused-ring (bicyclic) bond motifs is 1. The summed E-state index contributed by atoms with van der Waals surface area (Å²) in [4.78, 5) is 25.1. The lowest BCUT2D eigenvalue weighted by Gasteiger charge is -2.19. The summed E-state index contributed by atoms with van der Waals surface area (Å²) in [5.74, 6) is -0.0354. The first kappa shape index (κ1) is 17.6. The highest BCUT2D eigenvalue weighted by atomic mass is 16.2. The molecule has 1 fully saturated rings. The molecule has 0 radical (unpaired) electrons. The number of amides is 2. The van der Waals surface area contributed by atoms with Crippen molar-refractivity contribution in [2.45, 2.75) is 50.7 Å². The second-order valence-electron chi connectivity index (χ2n) is 7.53. The first-order valence-corrected chi connectivity index (χ1v) is 9.60. The molecule has 1 saturated heterocycles. The molecule has 27 heavy (non-hydrogen) atoms. The molecular formula is C22H25N3O2. The predicted octanol–water partition coefficient (Wildman–Crippen LogP) is 2.86. The zero-order chi connectivity index (χ0) is 18.8. The van der Waals surface area contributed by atoms with Gasteiger partial charge in [0, 0.05) is 24.6 Å². The van der Waals surface area contributed by atoms with E-state index in [4.69, 9.17) is 0 Å². The number of aryl methyl sites for hydroxylation is 1. The van der Waals surface area contributed by atoms with Crippen LogP contribution in [-0.2, 0) is 16.0 Å². The maximum Gasteiger partial charge on any atom is 0.243 e. The van der Waals surface area contributed by atoms with Gasteiger partial charge in [-0.2, -0.15) is 0 Å². The van der Waals surface area contributed by atoms with Crippen molar-refractivity contribution in [2.24, 2.45) is 0 Å². The Kier molecular flexibility index (Phi) is 4.84. The molecule has 2 amide bonds. The molecule has 2 aliphatic rings. The van der Waals surface area contributed by atoms with E-state index in [1.165, 1.54) is 5.56 Å². The number of anilines is 1.